The summed E-state index contributed by atoms with van der Waals surface area (Å²) in [5, 5.41) is 9.25. The fraction of sp³-hybridized carbons (Fsp3) is 0.600. The van der Waals surface area contributed by atoms with Crippen molar-refractivity contribution in [3.8, 4) is 5.75 Å². The Bertz CT molecular complexity index is 323. The van der Waals surface area contributed by atoms with Gasteiger partial charge in [0, 0.05) is 11.8 Å². The van der Waals surface area contributed by atoms with E-state index >= 15 is 0 Å². The number of hydrogen-bond acceptors (Lipinski definition) is 2. The third-order valence-corrected chi connectivity index (χ3v) is 3.18. The van der Waals surface area contributed by atoms with Gasteiger partial charge in [-0.2, -0.15) is 0 Å². The predicted octanol–water partition coefficient (Wildman–Crippen LogP) is 4.27. The molecule has 0 saturated carbocycles. The second kappa shape index (κ2) is 7.99. The Balaban J connectivity index is 2.14. The fourth-order valence-corrected chi connectivity index (χ4v) is 2.08. The summed E-state index contributed by atoms with van der Waals surface area (Å²) in [6.07, 6.45) is 10.2. The number of aromatic hydroxyl groups is 1. The van der Waals surface area contributed by atoms with Gasteiger partial charge in [0.1, 0.15) is 5.75 Å². The second-order valence-corrected chi connectivity index (χ2v) is 4.75. The Labute approximate surface area is 105 Å². The molecule has 1 aromatic rings. The lowest BCUT2D eigenvalue weighted by Crippen LogP contribution is -1.94. The number of anilines is 1. The molecule has 0 atom stereocenters. The molecule has 2 heteroatoms. The molecule has 0 fully saturated rings. The number of nitrogens with two attached hydrogens (primary N) is 1. The SMILES string of the molecule is CCCCCCCCCc1ccc(O)cc1N. The van der Waals surface area contributed by atoms with Crippen LogP contribution in [0.5, 0.6) is 5.75 Å². The first-order chi connectivity index (χ1) is 8.24. The third-order valence-electron chi connectivity index (χ3n) is 3.18. The third kappa shape index (κ3) is 5.62. The van der Waals surface area contributed by atoms with Gasteiger partial charge in [0.25, 0.3) is 0 Å². The summed E-state index contributed by atoms with van der Waals surface area (Å²) >= 11 is 0. The van der Waals surface area contributed by atoms with Crippen LogP contribution in [0.3, 0.4) is 0 Å². The summed E-state index contributed by atoms with van der Waals surface area (Å²) < 4.78 is 0. The highest BCUT2D eigenvalue weighted by Crippen LogP contribution is 2.20. The lowest BCUT2D eigenvalue weighted by molar-refractivity contribution is 0.475. The summed E-state index contributed by atoms with van der Waals surface area (Å²) in [6, 6.07) is 5.28. The van der Waals surface area contributed by atoms with Crippen molar-refractivity contribution in [1.29, 1.82) is 0 Å². The monoisotopic (exact) mass is 235 g/mol. The van der Waals surface area contributed by atoms with Crippen LogP contribution in [0.15, 0.2) is 18.2 Å². The Kier molecular flexibility index (Phi) is 6.53. The van der Waals surface area contributed by atoms with Crippen LogP contribution < -0.4 is 5.73 Å². The molecule has 0 aromatic heterocycles. The van der Waals surface area contributed by atoms with E-state index < -0.39 is 0 Å². The zero-order chi connectivity index (χ0) is 12.5. The molecule has 0 unspecified atom stereocenters. The number of phenols is 1. The predicted molar refractivity (Wildman–Crippen MR) is 74.2 cm³/mol. The lowest BCUT2D eigenvalue weighted by atomic mass is 10.0. The van der Waals surface area contributed by atoms with Crippen molar-refractivity contribution in [2.45, 2.75) is 58.3 Å². The van der Waals surface area contributed by atoms with Gasteiger partial charge >= 0.3 is 0 Å². The van der Waals surface area contributed by atoms with E-state index in [0.29, 0.717) is 0 Å². The van der Waals surface area contributed by atoms with Crippen molar-refractivity contribution in [3.63, 3.8) is 0 Å². The first-order valence-electron chi connectivity index (χ1n) is 6.81. The number of hydrogen-bond donors (Lipinski definition) is 2. The highest BCUT2D eigenvalue weighted by molar-refractivity contribution is 5.50. The maximum atomic E-state index is 9.25. The van der Waals surface area contributed by atoms with Crippen LogP contribution in [0.25, 0.3) is 0 Å². The van der Waals surface area contributed by atoms with Gasteiger partial charge in [-0.05, 0) is 24.5 Å². The van der Waals surface area contributed by atoms with Crippen LogP contribution >= 0.6 is 0 Å². The molecule has 0 aliphatic carbocycles. The molecule has 1 rings (SSSR count). The van der Waals surface area contributed by atoms with Crippen LogP contribution in [-0.4, -0.2) is 5.11 Å². The molecule has 0 spiro atoms. The minimum absolute atomic E-state index is 0.255. The minimum Gasteiger partial charge on any atom is -0.508 e. The molecule has 0 heterocycles. The van der Waals surface area contributed by atoms with Crippen LogP contribution in [0.1, 0.15) is 57.4 Å². The lowest BCUT2D eigenvalue weighted by Gasteiger charge is -2.06. The minimum atomic E-state index is 0.255. The van der Waals surface area contributed by atoms with E-state index in [1.54, 1.807) is 12.1 Å². The Hall–Kier alpha value is -1.18. The average Bonchev–Trinajstić information content (AvgIpc) is 2.30. The number of unbranched alkanes of at least 4 members (excludes halogenated alkanes) is 6. The zero-order valence-corrected chi connectivity index (χ0v) is 10.9. The second-order valence-electron chi connectivity index (χ2n) is 4.75. The molecular formula is C15H25NO. The van der Waals surface area contributed by atoms with E-state index in [1.165, 1.54) is 44.9 Å². The largest absolute Gasteiger partial charge is 0.508 e. The van der Waals surface area contributed by atoms with E-state index in [4.69, 9.17) is 5.73 Å². The quantitative estimate of drug-likeness (QED) is 0.522. The molecule has 1 aromatic carbocycles. The van der Waals surface area contributed by atoms with Gasteiger partial charge in [0.05, 0.1) is 0 Å². The molecule has 3 N–H and O–H groups in total. The zero-order valence-electron chi connectivity index (χ0n) is 10.9. The van der Waals surface area contributed by atoms with E-state index in [9.17, 15) is 5.11 Å². The smallest absolute Gasteiger partial charge is 0.117 e. The van der Waals surface area contributed by atoms with Crippen molar-refractivity contribution >= 4 is 5.69 Å². The van der Waals surface area contributed by atoms with Crippen LogP contribution in [0.4, 0.5) is 5.69 Å². The van der Waals surface area contributed by atoms with Gasteiger partial charge in [-0.25, -0.2) is 0 Å². The van der Waals surface area contributed by atoms with E-state index in [2.05, 4.69) is 6.92 Å². The maximum absolute atomic E-state index is 9.25. The Morgan fingerprint density at radius 2 is 1.65 bits per heavy atom. The van der Waals surface area contributed by atoms with E-state index in [-0.39, 0.29) is 5.75 Å². The Morgan fingerprint density at radius 3 is 2.29 bits per heavy atom. The fourth-order valence-electron chi connectivity index (χ4n) is 2.08. The summed E-state index contributed by atoms with van der Waals surface area (Å²) in [7, 11) is 0. The van der Waals surface area contributed by atoms with Gasteiger partial charge in [0.15, 0.2) is 0 Å². The summed E-state index contributed by atoms with van der Waals surface area (Å²) in [4.78, 5) is 0. The van der Waals surface area contributed by atoms with Crippen molar-refractivity contribution in [2.75, 3.05) is 5.73 Å². The maximum Gasteiger partial charge on any atom is 0.117 e. The van der Waals surface area contributed by atoms with Crippen LogP contribution in [0.2, 0.25) is 0 Å². The summed E-state index contributed by atoms with van der Waals surface area (Å²) in [6.45, 7) is 2.24. The number of phenolic OH excluding ortho intramolecular Hbond substituents is 1. The van der Waals surface area contributed by atoms with Gasteiger partial charge in [0.2, 0.25) is 0 Å². The molecule has 96 valence electrons. The molecule has 0 bridgehead atoms. The first-order valence-corrected chi connectivity index (χ1v) is 6.81. The molecule has 0 radical (unpaired) electrons. The van der Waals surface area contributed by atoms with Gasteiger partial charge in [-0.1, -0.05) is 51.5 Å². The highest BCUT2D eigenvalue weighted by atomic mass is 16.3. The van der Waals surface area contributed by atoms with Crippen molar-refractivity contribution in [3.05, 3.63) is 23.8 Å². The number of aryl methyl sites for hydroxylation is 1. The molecular weight excluding hydrogens is 210 g/mol. The molecule has 2 nitrogen and oxygen atoms in total. The normalized spacial score (nSPS) is 10.6. The Morgan fingerprint density at radius 1 is 1.00 bits per heavy atom. The van der Waals surface area contributed by atoms with Crippen LogP contribution in [-0.2, 0) is 6.42 Å². The number of benzene rings is 1. The van der Waals surface area contributed by atoms with Gasteiger partial charge in [-0.15, -0.1) is 0 Å². The average molecular weight is 235 g/mol. The standard InChI is InChI=1S/C15H25NO/c1-2-3-4-5-6-7-8-9-13-10-11-14(17)12-15(13)16/h10-12,17H,2-9,16H2,1H3. The molecule has 17 heavy (non-hydrogen) atoms. The van der Waals surface area contributed by atoms with Gasteiger partial charge in [-0.3, -0.25) is 0 Å². The number of rotatable bonds is 8. The molecule has 0 aliphatic heterocycles. The number of nitrogen functional groups attached to an aromatic ring is 1. The molecule has 0 aliphatic rings. The van der Waals surface area contributed by atoms with Crippen molar-refractivity contribution in [2.24, 2.45) is 0 Å². The highest BCUT2D eigenvalue weighted by Gasteiger charge is 2.00. The molecule has 0 saturated heterocycles. The van der Waals surface area contributed by atoms with Crippen molar-refractivity contribution < 1.29 is 5.11 Å². The summed E-state index contributed by atoms with van der Waals surface area (Å²) in [5.74, 6) is 0.255. The summed E-state index contributed by atoms with van der Waals surface area (Å²) in [5.41, 5.74) is 7.72. The first kappa shape index (κ1) is 13.9. The topological polar surface area (TPSA) is 46.2 Å². The van der Waals surface area contributed by atoms with E-state index in [1.807, 2.05) is 6.07 Å². The van der Waals surface area contributed by atoms with Crippen LogP contribution in [0, 0.1) is 0 Å². The molecule has 0 amide bonds. The van der Waals surface area contributed by atoms with Gasteiger partial charge < -0.3 is 10.8 Å². The van der Waals surface area contributed by atoms with Crippen molar-refractivity contribution in [1.82, 2.24) is 0 Å². The van der Waals surface area contributed by atoms with E-state index in [0.717, 1.165) is 17.7 Å².